The van der Waals surface area contributed by atoms with Crippen LogP contribution in [0.2, 0.25) is 0 Å². The summed E-state index contributed by atoms with van der Waals surface area (Å²) in [4.78, 5) is 9.45. The van der Waals surface area contributed by atoms with Crippen LogP contribution in [0, 0.1) is 6.92 Å². The molecule has 1 fully saturated rings. The van der Waals surface area contributed by atoms with Crippen LogP contribution >= 0.6 is 0 Å². The largest absolute Gasteiger partial charge is 0.354 e. The predicted octanol–water partition coefficient (Wildman–Crippen LogP) is 1.89. The first kappa shape index (κ1) is 15.7. The Labute approximate surface area is 146 Å². The monoisotopic (exact) mass is 335 g/mol. The first-order valence-electron chi connectivity index (χ1n) is 8.52. The molecule has 1 N–H and O–H groups in total. The fourth-order valence-electron chi connectivity index (χ4n) is 3.23. The number of anilines is 1. The number of H-pyrrole nitrogens is 1. The molecule has 1 aliphatic rings. The second-order valence-corrected chi connectivity index (χ2v) is 6.29. The van der Waals surface area contributed by atoms with Crippen LogP contribution in [0.4, 0.5) is 5.82 Å². The number of aryl methyl sites for hydroxylation is 1. The van der Waals surface area contributed by atoms with Crippen molar-refractivity contribution in [1.82, 2.24) is 30.5 Å². The fraction of sp³-hybridized carbons (Fsp3) is 0.333. The van der Waals surface area contributed by atoms with Gasteiger partial charge in [0.1, 0.15) is 5.82 Å². The van der Waals surface area contributed by atoms with Crippen LogP contribution in [0.15, 0.2) is 42.5 Å². The summed E-state index contributed by atoms with van der Waals surface area (Å²) in [5, 5.41) is 14.4. The number of pyridine rings is 1. The Hall–Kier alpha value is -2.80. The molecule has 0 unspecified atom stereocenters. The van der Waals surface area contributed by atoms with Gasteiger partial charge >= 0.3 is 0 Å². The molecule has 4 rings (SSSR count). The smallest absolute Gasteiger partial charge is 0.204 e. The summed E-state index contributed by atoms with van der Waals surface area (Å²) >= 11 is 0. The van der Waals surface area contributed by atoms with Crippen molar-refractivity contribution in [2.75, 3.05) is 31.1 Å². The van der Waals surface area contributed by atoms with Crippen molar-refractivity contribution in [3.63, 3.8) is 0 Å². The standard InChI is InChI=1S/C18H21N7/c1-14-5-4-8-17(19-14)25-11-9-24(10-12-25)13-15-6-2-3-7-16(15)18-20-22-23-21-18/h2-8H,9-13H2,1H3,(H,20,21,22,23). The first-order chi connectivity index (χ1) is 12.3. The van der Waals surface area contributed by atoms with Crippen molar-refractivity contribution in [3.05, 3.63) is 53.7 Å². The van der Waals surface area contributed by atoms with Gasteiger partial charge in [-0.05, 0) is 29.8 Å². The Morgan fingerprint density at radius 2 is 1.84 bits per heavy atom. The van der Waals surface area contributed by atoms with Gasteiger partial charge in [0.05, 0.1) is 0 Å². The van der Waals surface area contributed by atoms with Gasteiger partial charge in [-0.2, -0.15) is 5.21 Å². The normalized spacial score (nSPS) is 15.5. The lowest BCUT2D eigenvalue weighted by molar-refractivity contribution is 0.249. The zero-order valence-corrected chi connectivity index (χ0v) is 14.3. The highest BCUT2D eigenvalue weighted by atomic mass is 15.5. The van der Waals surface area contributed by atoms with Gasteiger partial charge in [0, 0.05) is 44.0 Å². The van der Waals surface area contributed by atoms with E-state index in [0.717, 1.165) is 49.8 Å². The molecule has 0 aliphatic carbocycles. The summed E-state index contributed by atoms with van der Waals surface area (Å²) in [6.45, 7) is 6.92. The Bertz CT molecular complexity index is 823. The quantitative estimate of drug-likeness (QED) is 0.785. The molecule has 0 atom stereocenters. The molecule has 0 saturated carbocycles. The third kappa shape index (κ3) is 3.51. The number of aromatic amines is 1. The van der Waals surface area contributed by atoms with Crippen LogP contribution in [-0.2, 0) is 6.54 Å². The molecule has 7 nitrogen and oxygen atoms in total. The Balaban J connectivity index is 1.43. The van der Waals surface area contributed by atoms with Gasteiger partial charge in [-0.1, -0.05) is 30.3 Å². The number of nitrogens with one attached hydrogen (secondary N) is 1. The third-order valence-electron chi connectivity index (χ3n) is 4.57. The van der Waals surface area contributed by atoms with E-state index in [0.29, 0.717) is 5.82 Å². The maximum Gasteiger partial charge on any atom is 0.204 e. The van der Waals surface area contributed by atoms with E-state index in [9.17, 15) is 0 Å². The zero-order chi connectivity index (χ0) is 17.1. The summed E-state index contributed by atoms with van der Waals surface area (Å²) in [5.74, 6) is 1.73. The van der Waals surface area contributed by atoms with E-state index in [1.165, 1.54) is 5.56 Å². The van der Waals surface area contributed by atoms with E-state index >= 15 is 0 Å². The van der Waals surface area contributed by atoms with Crippen molar-refractivity contribution < 1.29 is 0 Å². The molecule has 25 heavy (non-hydrogen) atoms. The molecule has 1 aliphatic heterocycles. The van der Waals surface area contributed by atoms with Crippen molar-refractivity contribution >= 4 is 5.82 Å². The number of nitrogens with zero attached hydrogens (tertiary/aromatic N) is 6. The number of rotatable bonds is 4. The molecule has 1 aromatic carbocycles. The van der Waals surface area contributed by atoms with E-state index in [1.54, 1.807) is 0 Å². The second kappa shape index (κ2) is 6.98. The molecule has 7 heteroatoms. The van der Waals surface area contributed by atoms with E-state index < -0.39 is 0 Å². The van der Waals surface area contributed by atoms with Crippen LogP contribution < -0.4 is 4.90 Å². The molecular formula is C18H21N7. The predicted molar refractivity (Wildman–Crippen MR) is 96.1 cm³/mol. The minimum atomic E-state index is 0.651. The van der Waals surface area contributed by atoms with Crippen LogP contribution in [-0.4, -0.2) is 56.7 Å². The Morgan fingerprint density at radius 1 is 1.00 bits per heavy atom. The van der Waals surface area contributed by atoms with E-state index in [2.05, 4.69) is 59.7 Å². The number of piperazine rings is 1. The summed E-state index contributed by atoms with van der Waals surface area (Å²) in [5.41, 5.74) is 3.33. The molecule has 1 saturated heterocycles. The minimum absolute atomic E-state index is 0.651. The molecule has 0 radical (unpaired) electrons. The van der Waals surface area contributed by atoms with E-state index in [-0.39, 0.29) is 0 Å². The van der Waals surface area contributed by atoms with Crippen LogP contribution in [0.1, 0.15) is 11.3 Å². The van der Waals surface area contributed by atoms with Gasteiger partial charge in [0.2, 0.25) is 5.82 Å². The van der Waals surface area contributed by atoms with Crippen LogP contribution in [0.25, 0.3) is 11.4 Å². The SMILES string of the molecule is Cc1cccc(N2CCN(Cc3ccccc3-c3nn[nH]n3)CC2)n1. The summed E-state index contributed by atoms with van der Waals surface area (Å²) in [6.07, 6.45) is 0. The molecular weight excluding hydrogens is 314 g/mol. The Kier molecular flexibility index (Phi) is 4.39. The van der Waals surface area contributed by atoms with Gasteiger partial charge in [-0.15, -0.1) is 10.2 Å². The average molecular weight is 335 g/mol. The number of aromatic nitrogens is 5. The fourth-order valence-corrected chi connectivity index (χ4v) is 3.23. The van der Waals surface area contributed by atoms with Crippen molar-refractivity contribution in [1.29, 1.82) is 0 Å². The molecule has 128 valence electrons. The third-order valence-corrected chi connectivity index (χ3v) is 4.57. The molecule has 0 bridgehead atoms. The van der Waals surface area contributed by atoms with Gasteiger partial charge < -0.3 is 4.90 Å². The van der Waals surface area contributed by atoms with Crippen molar-refractivity contribution in [2.24, 2.45) is 0 Å². The first-order valence-corrected chi connectivity index (χ1v) is 8.52. The Morgan fingerprint density at radius 3 is 2.60 bits per heavy atom. The lowest BCUT2D eigenvalue weighted by Crippen LogP contribution is -2.46. The average Bonchev–Trinajstić information content (AvgIpc) is 3.17. The van der Waals surface area contributed by atoms with Gasteiger partial charge in [0.15, 0.2) is 0 Å². The summed E-state index contributed by atoms with van der Waals surface area (Å²) in [6, 6.07) is 14.5. The van der Waals surface area contributed by atoms with Gasteiger partial charge in [-0.3, -0.25) is 4.90 Å². The van der Waals surface area contributed by atoms with E-state index in [4.69, 9.17) is 0 Å². The molecule has 0 spiro atoms. The number of hydrogen-bond donors (Lipinski definition) is 1. The number of tetrazole rings is 1. The second-order valence-electron chi connectivity index (χ2n) is 6.29. The molecule has 3 aromatic rings. The highest BCUT2D eigenvalue weighted by Crippen LogP contribution is 2.22. The van der Waals surface area contributed by atoms with Gasteiger partial charge in [-0.25, -0.2) is 4.98 Å². The number of hydrogen-bond acceptors (Lipinski definition) is 6. The summed E-state index contributed by atoms with van der Waals surface area (Å²) < 4.78 is 0. The molecule has 0 amide bonds. The minimum Gasteiger partial charge on any atom is -0.354 e. The molecule has 2 aromatic heterocycles. The lowest BCUT2D eigenvalue weighted by Gasteiger charge is -2.35. The van der Waals surface area contributed by atoms with Gasteiger partial charge in [0.25, 0.3) is 0 Å². The summed E-state index contributed by atoms with van der Waals surface area (Å²) in [7, 11) is 0. The van der Waals surface area contributed by atoms with Crippen LogP contribution in [0.5, 0.6) is 0 Å². The van der Waals surface area contributed by atoms with Crippen molar-refractivity contribution in [3.8, 4) is 11.4 Å². The van der Waals surface area contributed by atoms with E-state index in [1.807, 2.05) is 25.1 Å². The zero-order valence-electron chi connectivity index (χ0n) is 14.3. The number of benzene rings is 1. The lowest BCUT2D eigenvalue weighted by atomic mass is 10.1. The van der Waals surface area contributed by atoms with Crippen LogP contribution in [0.3, 0.4) is 0 Å². The maximum absolute atomic E-state index is 4.63. The highest BCUT2D eigenvalue weighted by molar-refractivity contribution is 5.59. The topological polar surface area (TPSA) is 73.8 Å². The maximum atomic E-state index is 4.63. The van der Waals surface area contributed by atoms with Crippen molar-refractivity contribution in [2.45, 2.75) is 13.5 Å². The highest BCUT2D eigenvalue weighted by Gasteiger charge is 2.19. The molecule has 3 heterocycles.